The van der Waals surface area contributed by atoms with Crippen molar-refractivity contribution in [3.05, 3.63) is 47.8 Å². The fourth-order valence-electron chi connectivity index (χ4n) is 2.63. The molecule has 2 aromatic rings. The van der Waals surface area contributed by atoms with E-state index in [1.54, 1.807) is 12.1 Å². The molecule has 0 aliphatic heterocycles. The summed E-state index contributed by atoms with van der Waals surface area (Å²) in [6.45, 7) is -0.342. The third-order valence-electron chi connectivity index (χ3n) is 4.02. The molecular formula is C19H23FN2O6S. The average Bonchev–Trinajstić information content (AvgIpc) is 2.69. The number of anilines is 1. The largest absolute Gasteiger partial charge is 0.493 e. The van der Waals surface area contributed by atoms with Crippen molar-refractivity contribution >= 4 is 21.6 Å². The van der Waals surface area contributed by atoms with E-state index in [2.05, 4.69) is 5.32 Å². The minimum Gasteiger partial charge on any atom is -0.493 e. The number of benzene rings is 2. The van der Waals surface area contributed by atoms with Crippen molar-refractivity contribution in [1.29, 1.82) is 0 Å². The molecule has 0 radical (unpaired) electrons. The van der Waals surface area contributed by atoms with Gasteiger partial charge in [-0.2, -0.15) is 0 Å². The Morgan fingerprint density at radius 2 is 1.59 bits per heavy atom. The summed E-state index contributed by atoms with van der Waals surface area (Å²) in [7, 11) is 0.695. The molecule has 0 bridgehead atoms. The highest BCUT2D eigenvalue weighted by atomic mass is 32.2. The lowest BCUT2D eigenvalue weighted by Crippen LogP contribution is -2.40. The SMILES string of the molecule is COc1cc(CNC(=O)CN(c2ccc(F)cc2)S(C)(=O)=O)cc(OC)c1OC. The lowest BCUT2D eigenvalue weighted by Gasteiger charge is -2.22. The molecule has 1 N–H and O–H groups in total. The molecule has 0 spiro atoms. The van der Waals surface area contributed by atoms with Crippen LogP contribution in [0.1, 0.15) is 5.56 Å². The smallest absolute Gasteiger partial charge is 0.241 e. The van der Waals surface area contributed by atoms with Crippen LogP contribution in [0.25, 0.3) is 0 Å². The highest BCUT2D eigenvalue weighted by Crippen LogP contribution is 2.38. The Balaban J connectivity index is 2.14. The Labute approximate surface area is 169 Å². The molecule has 0 atom stereocenters. The number of hydrogen-bond donors (Lipinski definition) is 1. The van der Waals surface area contributed by atoms with Gasteiger partial charge >= 0.3 is 0 Å². The third kappa shape index (κ3) is 5.74. The predicted molar refractivity (Wildman–Crippen MR) is 107 cm³/mol. The topological polar surface area (TPSA) is 94.2 Å². The number of nitrogens with one attached hydrogen (secondary N) is 1. The minimum atomic E-state index is -3.75. The molecule has 0 saturated carbocycles. The van der Waals surface area contributed by atoms with E-state index in [1.807, 2.05) is 0 Å². The van der Waals surface area contributed by atoms with E-state index in [0.717, 1.165) is 22.7 Å². The molecule has 10 heteroatoms. The molecule has 0 aromatic heterocycles. The van der Waals surface area contributed by atoms with Crippen molar-refractivity contribution in [3.63, 3.8) is 0 Å². The molecule has 2 rings (SSSR count). The van der Waals surface area contributed by atoms with Gasteiger partial charge in [-0.15, -0.1) is 0 Å². The van der Waals surface area contributed by atoms with Gasteiger partial charge in [0.15, 0.2) is 11.5 Å². The second kappa shape index (κ2) is 9.46. The standard InChI is InChI=1S/C19H23FN2O6S/c1-26-16-9-13(10-17(27-2)19(16)28-3)11-21-18(23)12-22(29(4,24)25)15-7-5-14(20)6-8-15/h5-10H,11-12H2,1-4H3,(H,21,23). The quantitative estimate of drug-likeness (QED) is 0.659. The molecule has 1 amide bonds. The van der Waals surface area contributed by atoms with E-state index in [4.69, 9.17) is 14.2 Å². The fourth-order valence-corrected chi connectivity index (χ4v) is 3.49. The van der Waals surface area contributed by atoms with E-state index in [1.165, 1.54) is 33.5 Å². The molecule has 0 fully saturated rings. The summed E-state index contributed by atoms with van der Waals surface area (Å²) in [5, 5.41) is 2.65. The van der Waals surface area contributed by atoms with Crippen molar-refractivity contribution in [3.8, 4) is 17.2 Å². The van der Waals surface area contributed by atoms with Crippen molar-refractivity contribution in [2.45, 2.75) is 6.54 Å². The van der Waals surface area contributed by atoms with Gasteiger partial charge in [-0.05, 0) is 42.0 Å². The lowest BCUT2D eigenvalue weighted by atomic mass is 10.1. The van der Waals surface area contributed by atoms with Gasteiger partial charge in [0.05, 0.1) is 33.3 Å². The normalized spacial score (nSPS) is 10.9. The van der Waals surface area contributed by atoms with Crippen molar-refractivity contribution < 1.29 is 31.8 Å². The molecule has 2 aromatic carbocycles. The van der Waals surface area contributed by atoms with Gasteiger partial charge in [0.1, 0.15) is 12.4 Å². The highest BCUT2D eigenvalue weighted by Gasteiger charge is 2.21. The number of halogens is 1. The number of methoxy groups -OCH3 is 3. The van der Waals surface area contributed by atoms with E-state index in [-0.39, 0.29) is 12.2 Å². The number of nitrogens with zero attached hydrogens (tertiary/aromatic N) is 1. The van der Waals surface area contributed by atoms with E-state index in [9.17, 15) is 17.6 Å². The zero-order valence-corrected chi connectivity index (χ0v) is 17.4. The zero-order chi connectivity index (χ0) is 21.6. The first-order valence-electron chi connectivity index (χ1n) is 8.48. The third-order valence-corrected chi connectivity index (χ3v) is 5.16. The number of hydrogen-bond acceptors (Lipinski definition) is 6. The second-order valence-corrected chi connectivity index (χ2v) is 7.96. The summed E-state index contributed by atoms with van der Waals surface area (Å²) in [6, 6.07) is 8.19. The first kappa shape index (κ1) is 22.3. The summed E-state index contributed by atoms with van der Waals surface area (Å²) in [6.07, 6.45) is 0.975. The molecule has 0 heterocycles. The summed E-state index contributed by atoms with van der Waals surface area (Å²) < 4.78 is 53.9. The Kier molecular flexibility index (Phi) is 7.27. The van der Waals surface area contributed by atoms with E-state index in [0.29, 0.717) is 22.8 Å². The molecule has 158 valence electrons. The van der Waals surface area contributed by atoms with Crippen molar-refractivity contribution in [2.75, 3.05) is 38.4 Å². The maximum absolute atomic E-state index is 13.1. The van der Waals surface area contributed by atoms with Crippen molar-refractivity contribution in [1.82, 2.24) is 5.32 Å². The van der Waals surface area contributed by atoms with E-state index >= 15 is 0 Å². The Bertz CT molecular complexity index is 938. The lowest BCUT2D eigenvalue weighted by molar-refractivity contribution is -0.119. The molecule has 8 nitrogen and oxygen atoms in total. The molecular weight excluding hydrogens is 403 g/mol. The second-order valence-electron chi connectivity index (χ2n) is 6.06. The number of rotatable bonds is 9. The average molecular weight is 426 g/mol. The summed E-state index contributed by atoms with van der Waals surface area (Å²) in [4.78, 5) is 12.4. The van der Waals surface area contributed by atoms with Crippen LogP contribution in [0.5, 0.6) is 17.2 Å². The van der Waals surface area contributed by atoms with Gasteiger partial charge in [-0.25, -0.2) is 12.8 Å². The highest BCUT2D eigenvalue weighted by molar-refractivity contribution is 7.92. The van der Waals surface area contributed by atoms with Crippen LogP contribution in [0.4, 0.5) is 10.1 Å². The number of ether oxygens (including phenoxy) is 3. The first-order chi connectivity index (χ1) is 13.7. The number of carbonyl (C=O) groups excluding carboxylic acids is 1. The Hall–Kier alpha value is -3.01. The predicted octanol–water partition coefficient (Wildman–Crippen LogP) is 1.93. The zero-order valence-electron chi connectivity index (χ0n) is 16.6. The number of carbonyl (C=O) groups is 1. The van der Waals surface area contributed by atoms with Gasteiger partial charge in [0.25, 0.3) is 0 Å². The van der Waals surface area contributed by atoms with Gasteiger partial charge < -0.3 is 19.5 Å². The van der Waals surface area contributed by atoms with Crippen LogP contribution in [-0.4, -0.2) is 48.5 Å². The molecule has 0 saturated heterocycles. The van der Waals surface area contributed by atoms with Gasteiger partial charge in [0.2, 0.25) is 21.7 Å². The minimum absolute atomic E-state index is 0.108. The maximum Gasteiger partial charge on any atom is 0.241 e. The molecule has 0 unspecified atom stereocenters. The van der Waals surface area contributed by atoms with Crippen LogP contribution in [0, 0.1) is 5.82 Å². The Morgan fingerprint density at radius 3 is 2.03 bits per heavy atom. The van der Waals surface area contributed by atoms with E-state index < -0.39 is 28.3 Å². The van der Waals surface area contributed by atoms with Crippen molar-refractivity contribution in [2.24, 2.45) is 0 Å². The van der Waals surface area contributed by atoms with Crippen LogP contribution >= 0.6 is 0 Å². The van der Waals surface area contributed by atoms with Gasteiger partial charge in [-0.1, -0.05) is 0 Å². The van der Waals surface area contributed by atoms with Gasteiger partial charge in [-0.3, -0.25) is 9.10 Å². The number of amides is 1. The molecule has 0 aliphatic carbocycles. The first-order valence-corrected chi connectivity index (χ1v) is 10.3. The van der Waals surface area contributed by atoms with Crippen LogP contribution < -0.4 is 23.8 Å². The number of sulfonamides is 1. The van der Waals surface area contributed by atoms with Crippen LogP contribution in [0.15, 0.2) is 36.4 Å². The fraction of sp³-hybridized carbons (Fsp3) is 0.316. The van der Waals surface area contributed by atoms with Crippen LogP contribution in [0.3, 0.4) is 0 Å². The van der Waals surface area contributed by atoms with Crippen LogP contribution in [0.2, 0.25) is 0 Å². The molecule has 0 aliphatic rings. The maximum atomic E-state index is 13.1. The summed E-state index contributed by atoms with van der Waals surface area (Å²) >= 11 is 0. The summed E-state index contributed by atoms with van der Waals surface area (Å²) in [5.74, 6) is 0.243. The molecule has 29 heavy (non-hydrogen) atoms. The monoisotopic (exact) mass is 426 g/mol. The van der Waals surface area contributed by atoms with Crippen LogP contribution in [-0.2, 0) is 21.4 Å². The Morgan fingerprint density at radius 1 is 1.03 bits per heavy atom. The van der Waals surface area contributed by atoms with Gasteiger partial charge in [0, 0.05) is 6.54 Å². The summed E-state index contributed by atoms with van der Waals surface area (Å²) in [5.41, 5.74) is 0.859.